The molecule has 1 saturated heterocycles. The molecule has 0 unspecified atom stereocenters. The molecule has 1 aliphatic carbocycles. The summed E-state index contributed by atoms with van der Waals surface area (Å²) in [6, 6.07) is 0. The van der Waals surface area contributed by atoms with Gasteiger partial charge in [0.25, 0.3) is 0 Å². The fourth-order valence-electron chi connectivity index (χ4n) is 3.84. The molecule has 0 aromatic heterocycles. The van der Waals surface area contributed by atoms with Crippen LogP contribution in [0.2, 0.25) is 0 Å². The van der Waals surface area contributed by atoms with Crippen molar-refractivity contribution in [3.05, 3.63) is 0 Å². The maximum Gasteiger partial charge on any atom is 0.311 e. The molecule has 5 heteroatoms. The van der Waals surface area contributed by atoms with Crippen molar-refractivity contribution in [1.29, 1.82) is 0 Å². The highest BCUT2D eigenvalue weighted by molar-refractivity contribution is 5.99. The van der Waals surface area contributed by atoms with Crippen LogP contribution in [0.5, 0.6) is 0 Å². The van der Waals surface area contributed by atoms with E-state index in [4.69, 9.17) is 0 Å². The second-order valence-corrected chi connectivity index (χ2v) is 6.73. The van der Waals surface area contributed by atoms with Crippen LogP contribution in [-0.4, -0.2) is 34.3 Å². The van der Waals surface area contributed by atoms with E-state index in [0.29, 0.717) is 25.7 Å². The third-order valence-corrected chi connectivity index (χ3v) is 5.59. The number of piperidine rings is 1. The molecule has 21 heavy (non-hydrogen) atoms. The molecule has 1 aliphatic heterocycles. The van der Waals surface area contributed by atoms with Crippen LogP contribution in [-0.2, 0) is 14.4 Å². The minimum Gasteiger partial charge on any atom is -0.481 e. The van der Waals surface area contributed by atoms with E-state index in [9.17, 15) is 19.5 Å². The van der Waals surface area contributed by atoms with Gasteiger partial charge < -0.3 is 5.11 Å². The van der Waals surface area contributed by atoms with Crippen molar-refractivity contribution >= 4 is 17.8 Å². The molecule has 2 fully saturated rings. The van der Waals surface area contributed by atoms with Crippen molar-refractivity contribution in [3.8, 4) is 0 Å². The first-order valence-electron chi connectivity index (χ1n) is 7.95. The number of nitrogens with zero attached hydrogens (tertiary/aromatic N) is 1. The van der Waals surface area contributed by atoms with E-state index in [1.807, 2.05) is 0 Å². The van der Waals surface area contributed by atoms with E-state index >= 15 is 0 Å². The van der Waals surface area contributed by atoms with Gasteiger partial charge in [0.2, 0.25) is 11.8 Å². The molecule has 2 aliphatic rings. The number of carbonyl (C=O) groups is 3. The Kier molecular flexibility index (Phi) is 4.40. The average Bonchev–Trinajstić information content (AvgIpc) is 2.86. The number of carboxylic acids is 1. The van der Waals surface area contributed by atoms with Gasteiger partial charge in [-0.2, -0.15) is 0 Å². The Morgan fingerprint density at radius 2 is 1.62 bits per heavy atom. The zero-order valence-corrected chi connectivity index (χ0v) is 13.0. The Morgan fingerprint density at radius 1 is 1.14 bits per heavy atom. The average molecular weight is 295 g/mol. The van der Waals surface area contributed by atoms with Gasteiger partial charge in [0.05, 0.1) is 5.41 Å². The summed E-state index contributed by atoms with van der Waals surface area (Å²) in [4.78, 5) is 37.6. The summed E-state index contributed by atoms with van der Waals surface area (Å²) < 4.78 is 0. The molecule has 0 bridgehead atoms. The topological polar surface area (TPSA) is 74.7 Å². The van der Waals surface area contributed by atoms with Gasteiger partial charge in [-0.25, -0.2) is 0 Å². The molecule has 0 aromatic rings. The first kappa shape index (κ1) is 16.0. The van der Waals surface area contributed by atoms with E-state index in [-0.39, 0.29) is 23.8 Å². The number of amides is 2. The lowest BCUT2D eigenvalue weighted by Crippen LogP contribution is -2.52. The van der Waals surface area contributed by atoms with Crippen LogP contribution in [0, 0.1) is 10.8 Å². The molecular weight excluding hydrogens is 270 g/mol. The monoisotopic (exact) mass is 295 g/mol. The summed E-state index contributed by atoms with van der Waals surface area (Å²) in [7, 11) is 0. The first-order chi connectivity index (χ1) is 9.88. The maximum atomic E-state index is 12.4. The number of rotatable bonds is 5. The summed E-state index contributed by atoms with van der Waals surface area (Å²) >= 11 is 0. The van der Waals surface area contributed by atoms with Gasteiger partial charge in [0, 0.05) is 19.4 Å². The predicted molar refractivity (Wildman–Crippen MR) is 77.5 cm³/mol. The smallest absolute Gasteiger partial charge is 0.311 e. The Morgan fingerprint density at radius 3 is 2.00 bits per heavy atom. The van der Waals surface area contributed by atoms with Crippen molar-refractivity contribution in [2.24, 2.45) is 10.8 Å². The van der Waals surface area contributed by atoms with Crippen LogP contribution in [0.15, 0.2) is 0 Å². The summed E-state index contributed by atoms with van der Waals surface area (Å²) in [5.41, 5.74) is -1.14. The number of aliphatic carboxylic acids is 1. The van der Waals surface area contributed by atoms with Crippen molar-refractivity contribution in [2.75, 3.05) is 6.54 Å². The Bertz CT molecular complexity index is 427. The summed E-state index contributed by atoms with van der Waals surface area (Å²) in [6.07, 6.45) is 5.72. The second kappa shape index (κ2) is 5.78. The fourth-order valence-corrected chi connectivity index (χ4v) is 3.84. The molecule has 1 saturated carbocycles. The largest absolute Gasteiger partial charge is 0.481 e. The lowest BCUT2D eigenvalue weighted by Gasteiger charge is -2.40. The van der Waals surface area contributed by atoms with Crippen LogP contribution in [0.3, 0.4) is 0 Å². The highest BCUT2D eigenvalue weighted by Crippen LogP contribution is 2.47. The molecule has 2 rings (SSSR count). The summed E-state index contributed by atoms with van der Waals surface area (Å²) in [5, 5.41) is 9.48. The van der Waals surface area contributed by atoms with Crippen molar-refractivity contribution in [2.45, 2.75) is 65.2 Å². The Labute approximate surface area is 125 Å². The Hall–Kier alpha value is -1.39. The molecular formula is C16H25NO4. The molecule has 1 spiro atoms. The standard InChI is InChI=1S/C16H25NO4/c1-3-16(4-2,14(20)21)11-17-12(18)9-15(10-13(17)19)7-5-6-8-15/h3-11H2,1-2H3,(H,20,21). The molecule has 1 heterocycles. The highest BCUT2D eigenvalue weighted by Gasteiger charge is 2.48. The predicted octanol–water partition coefficient (Wildman–Crippen LogP) is 2.59. The summed E-state index contributed by atoms with van der Waals surface area (Å²) in [5.74, 6) is -1.28. The zero-order chi connectivity index (χ0) is 15.7. The van der Waals surface area contributed by atoms with Gasteiger partial charge >= 0.3 is 5.97 Å². The van der Waals surface area contributed by atoms with Crippen LogP contribution in [0.1, 0.15) is 65.2 Å². The van der Waals surface area contributed by atoms with Crippen LogP contribution in [0.4, 0.5) is 0 Å². The van der Waals surface area contributed by atoms with Gasteiger partial charge in [-0.1, -0.05) is 26.7 Å². The van der Waals surface area contributed by atoms with Gasteiger partial charge in [-0.3, -0.25) is 19.3 Å². The van der Waals surface area contributed by atoms with E-state index < -0.39 is 11.4 Å². The van der Waals surface area contributed by atoms with Gasteiger partial charge in [0.1, 0.15) is 0 Å². The van der Waals surface area contributed by atoms with Crippen molar-refractivity contribution in [3.63, 3.8) is 0 Å². The van der Waals surface area contributed by atoms with E-state index in [2.05, 4.69) is 0 Å². The van der Waals surface area contributed by atoms with Gasteiger partial charge in [-0.05, 0) is 31.1 Å². The number of hydrogen-bond donors (Lipinski definition) is 1. The van der Waals surface area contributed by atoms with Crippen LogP contribution < -0.4 is 0 Å². The molecule has 2 amide bonds. The minimum absolute atomic E-state index is 0.0169. The van der Waals surface area contributed by atoms with Gasteiger partial charge in [-0.15, -0.1) is 0 Å². The molecule has 0 atom stereocenters. The normalized spacial score (nSPS) is 22.1. The molecule has 5 nitrogen and oxygen atoms in total. The molecule has 118 valence electrons. The Balaban J connectivity index is 2.16. The highest BCUT2D eigenvalue weighted by atomic mass is 16.4. The van der Waals surface area contributed by atoms with Crippen LogP contribution >= 0.6 is 0 Å². The van der Waals surface area contributed by atoms with Crippen LogP contribution in [0.25, 0.3) is 0 Å². The van der Waals surface area contributed by atoms with Crippen molar-refractivity contribution in [1.82, 2.24) is 4.90 Å². The van der Waals surface area contributed by atoms with E-state index in [1.165, 1.54) is 4.90 Å². The fraction of sp³-hybridized carbons (Fsp3) is 0.812. The quantitative estimate of drug-likeness (QED) is 0.791. The number of imide groups is 1. The zero-order valence-electron chi connectivity index (χ0n) is 13.0. The lowest BCUT2D eigenvalue weighted by atomic mass is 9.75. The van der Waals surface area contributed by atoms with Crippen molar-refractivity contribution < 1.29 is 19.5 Å². The molecule has 0 radical (unpaired) electrons. The maximum absolute atomic E-state index is 12.4. The number of carbonyl (C=O) groups excluding carboxylic acids is 2. The number of carboxylic acid groups (broad SMARTS) is 1. The third kappa shape index (κ3) is 2.83. The first-order valence-corrected chi connectivity index (χ1v) is 7.95. The minimum atomic E-state index is -1.01. The molecule has 0 aromatic carbocycles. The lowest BCUT2D eigenvalue weighted by molar-refractivity contribution is -0.160. The molecule has 1 N–H and O–H groups in total. The second-order valence-electron chi connectivity index (χ2n) is 6.73. The third-order valence-electron chi connectivity index (χ3n) is 5.59. The van der Waals surface area contributed by atoms with Gasteiger partial charge in [0.15, 0.2) is 0 Å². The summed E-state index contributed by atoms with van der Waals surface area (Å²) in [6.45, 7) is 3.62. The SMILES string of the molecule is CCC(CC)(CN1C(=O)CC2(CCCC2)CC1=O)C(=O)O. The number of likely N-dealkylation sites (tertiary alicyclic amines) is 1. The van der Waals surface area contributed by atoms with E-state index in [1.54, 1.807) is 13.8 Å². The van der Waals surface area contributed by atoms with E-state index in [0.717, 1.165) is 25.7 Å². The number of hydrogen-bond acceptors (Lipinski definition) is 3.